The minimum atomic E-state index is -1.51. The maximum absolute atomic E-state index is 12.0. The van der Waals surface area contributed by atoms with Crippen LogP contribution in [0.25, 0.3) is 0 Å². The molecule has 0 saturated carbocycles. The van der Waals surface area contributed by atoms with E-state index < -0.39 is 60.4 Å². The Morgan fingerprint density at radius 3 is 2.19 bits per heavy atom. The van der Waals surface area contributed by atoms with Crippen molar-refractivity contribution in [1.29, 1.82) is 0 Å². The molecule has 0 bridgehead atoms. The highest BCUT2D eigenvalue weighted by Gasteiger charge is 2.32. The van der Waals surface area contributed by atoms with Gasteiger partial charge in [0.05, 0.1) is 24.2 Å². The lowest BCUT2D eigenvalue weighted by Gasteiger charge is -2.27. The number of halogens is 1. The van der Waals surface area contributed by atoms with Gasteiger partial charge in [-0.1, -0.05) is 111 Å². The van der Waals surface area contributed by atoms with E-state index in [9.17, 15) is 35.1 Å². The van der Waals surface area contributed by atoms with Crippen LogP contribution in [0.2, 0.25) is 0 Å². The molecule has 0 unspecified atom stereocenters. The summed E-state index contributed by atoms with van der Waals surface area (Å²) in [6.45, 7) is 7.47. The number of rotatable bonds is 16. The topological polar surface area (TPSA) is 165 Å². The second-order valence-corrected chi connectivity index (χ2v) is 11.2. The number of hydrogen-bond acceptors (Lipinski definition) is 8. The van der Waals surface area contributed by atoms with Crippen LogP contribution >= 0.6 is 11.6 Å². The lowest BCUT2D eigenvalue weighted by molar-refractivity contribution is -0.152. The fourth-order valence-corrected chi connectivity index (χ4v) is 4.07. The van der Waals surface area contributed by atoms with Gasteiger partial charge in [-0.2, -0.15) is 0 Å². The first kappa shape index (κ1) is 38.0. The quantitative estimate of drug-likeness (QED) is 0.0650. The molecule has 238 valence electrons. The third-order valence-corrected chi connectivity index (χ3v) is 7.01. The number of esters is 1. The van der Waals surface area contributed by atoms with Crippen LogP contribution < -0.4 is 0 Å². The summed E-state index contributed by atoms with van der Waals surface area (Å²) in [6.07, 6.45) is 14.9. The maximum Gasteiger partial charge on any atom is 0.331 e. The lowest BCUT2D eigenvalue weighted by Crippen LogP contribution is -2.42. The van der Waals surface area contributed by atoms with E-state index in [1.807, 2.05) is 26.8 Å². The van der Waals surface area contributed by atoms with Crippen molar-refractivity contribution in [2.45, 2.75) is 77.2 Å². The number of aliphatic hydroxyl groups is 5. The Balaban J connectivity index is 2.57. The summed E-state index contributed by atoms with van der Waals surface area (Å²) in [5.41, 5.74) is 0.829. The van der Waals surface area contributed by atoms with Gasteiger partial charge in [0.15, 0.2) is 0 Å². The van der Waals surface area contributed by atoms with Crippen molar-refractivity contribution in [3.05, 3.63) is 95.7 Å². The van der Waals surface area contributed by atoms with E-state index in [0.29, 0.717) is 5.92 Å². The molecule has 8 atom stereocenters. The van der Waals surface area contributed by atoms with Crippen LogP contribution in [0.1, 0.15) is 40.5 Å². The summed E-state index contributed by atoms with van der Waals surface area (Å²) in [4.78, 5) is 23.1. The Bertz CT molecular complexity index is 1130. The number of aliphatic carboxylic acids is 1. The highest BCUT2D eigenvalue weighted by molar-refractivity contribution is 6.30. The number of allylic oxidation sites excluding steroid dienone is 11. The average Bonchev–Trinajstić information content (AvgIpc) is 2.95. The summed E-state index contributed by atoms with van der Waals surface area (Å²) in [5.74, 6) is -2.90. The normalized spacial score (nSPS) is 24.0. The Hall–Kier alpha value is -3.05. The molecule has 6 N–H and O–H groups in total. The molecule has 0 spiro atoms. The summed E-state index contributed by atoms with van der Waals surface area (Å²) in [6, 6.07) is 0. The molecule has 0 amide bonds. The minimum Gasteiger partial charge on any atom is -0.481 e. The van der Waals surface area contributed by atoms with Gasteiger partial charge in [-0.15, -0.1) is 0 Å². The van der Waals surface area contributed by atoms with E-state index in [2.05, 4.69) is 0 Å². The first-order chi connectivity index (χ1) is 20.2. The van der Waals surface area contributed by atoms with Crippen LogP contribution in [0.15, 0.2) is 95.7 Å². The number of carbonyl (C=O) groups excluding carboxylic acids is 1. The third kappa shape index (κ3) is 15.3. The van der Waals surface area contributed by atoms with Crippen LogP contribution in [0, 0.1) is 17.8 Å². The second-order valence-electron chi connectivity index (χ2n) is 10.8. The van der Waals surface area contributed by atoms with Crippen molar-refractivity contribution in [3.8, 4) is 0 Å². The SMILES string of the molecule is CC(/C=C/C=C/C(=O)O[C@@H]1C[C@@H](C(=O)O)C=C[C@@H]1O)=C\C=C\C=C(/Cl)[C@@H](C)[C@@H](O)[C@H](O)[C@H](O)C[C@@H](O)/C=C/C=C/C(C)C. The van der Waals surface area contributed by atoms with E-state index in [1.165, 1.54) is 30.4 Å². The Morgan fingerprint density at radius 1 is 0.907 bits per heavy atom. The van der Waals surface area contributed by atoms with E-state index in [1.54, 1.807) is 55.5 Å². The molecule has 0 fully saturated rings. The minimum absolute atomic E-state index is 0.00572. The molecule has 1 aliphatic rings. The number of carbonyl (C=O) groups is 2. The molecule has 0 aromatic carbocycles. The number of hydrogen-bond donors (Lipinski definition) is 6. The zero-order valence-corrected chi connectivity index (χ0v) is 25.7. The van der Waals surface area contributed by atoms with Crippen molar-refractivity contribution in [3.63, 3.8) is 0 Å². The highest BCUT2D eigenvalue weighted by Crippen LogP contribution is 2.24. The molecule has 0 aromatic rings. The summed E-state index contributed by atoms with van der Waals surface area (Å²) >= 11 is 6.29. The smallest absolute Gasteiger partial charge is 0.331 e. The van der Waals surface area contributed by atoms with Gasteiger partial charge >= 0.3 is 11.9 Å². The molecule has 43 heavy (non-hydrogen) atoms. The molecule has 10 heteroatoms. The van der Waals surface area contributed by atoms with Gasteiger partial charge in [-0.25, -0.2) is 4.79 Å². The van der Waals surface area contributed by atoms with Crippen molar-refractivity contribution in [2.75, 3.05) is 0 Å². The number of carboxylic acid groups (broad SMARTS) is 1. The summed E-state index contributed by atoms with van der Waals surface area (Å²) in [7, 11) is 0. The molecule has 0 aromatic heterocycles. The zero-order valence-electron chi connectivity index (χ0n) is 25.0. The molecular weight excluding hydrogens is 576 g/mol. The van der Waals surface area contributed by atoms with Crippen molar-refractivity contribution in [1.82, 2.24) is 0 Å². The second kappa shape index (κ2) is 20.0. The van der Waals surface area contributed by atoms with Gasteiger partial charge < -0.3 is 35.4 Å². The lowest BCUT2D eigenvalue weighted by atomic mass is 9.92. The van der Waals surface area contributed by atoms with Crippen LogP contribution in [0.3, 0.4) is 0 Å². The number of aliphatic hydroxyl groups excluding tert-OH is 5. The largest absolute Gasteiger partial charge is 0.481 e. The molecule has 1 aliphatic carbocycles. The molecule has 1 rings (SSSR count). The van der Waals surface area contributed by atoms with Crippen LogP contribution in [0.5, 0.6) is 0 Å². The zero-order chi connectivity index (χ0) is 32.5. The van der Waals surface area contributed by atoms with Crippen molar-refractivity contribution >= 4 is 23.5 Å². The summed E-state index contributed by atoms with van der Waals surface area (Å²) in [5, 5.41) is 60.4. The first-order valence-electron chi connectivity index (χ1n) is 14.1. The predicted octanol–water partition coefficient (Wildman–Crippen LogP) is 3.90. The molecule has 0 aliphatic heterocycles. The third-order valence-electron chi connectivity index (χ3n) is 6.54. The molecule has 0 radical (unpaired) electrons. The van der Waals surface area contributed by atoms with Crippen LogP contribution in [-0.4, -0.2) is 79.2 Å². The highest BCUT2D eigenvalue weighted by atomic mass is 35.5. The Morgan fingerprint density at radius 2 is 1.53 bits per heavy atom. The fraction of sp³-hybridized carbons (Fsp3) is 0.455. The molecular formula is C33H45ClO9. The Labute approximate surface area is 258 Å². The van der Waals surface area contributed by atoms with E-state index >= 15 is 0 Å². The van der Waals surface area contributed by atoms with E-state index in [4.69, 9.17) is 21.4 Å². The van der Waals surface area contributed by atoms with Crippen molar-refractivity contribution in [2.24, 2.45) is 17.8 Å². The molecule has 0 heterocycles. The van der Waals surface area contributed by atoms with Gasteiger partial charge in [-0.05, 0) is 18.9 Å². The molecule has 0 saturated heterocycles. The Kier molecular flexibility index (Phi) is 17.7. The van der Waals surface area contributed by atoms with Gasteiger partial charge in [0.1, 0.15) is 18.3 Å². The number of carboxylic acids is 1. The maximum atomic E-state index is 12.0. The number of ether oxygens (including phenoxy) is 1. The predicted molar refractivity (Wildman–Crippen MR) is 167 cm³/mol. The van der Waals surface area contributed by atoms with Gasteiger partial charge in [0, 0.05) is 29.9 Å². The van der Waals surface area contributed by atoms with E-state index in [0.717, 1.165) is 5.57 Å². The standard InChI is InChI=1S/C33H45ClO9/c1-21(2)11-5-8-14-25(35)20-28(37)32(40)31(39)23(4)26(34)15-9-6-12-22(3)13-7-10-16-30(38)43-29-19-24(33(41)42)17-18-27(29)36/h5-18,21,23-25,27-29,31-32,35-37,39-40H,19-20H2,1-4H3,(H,41,42)/b9-6+,11-5+,13-7+,14-8+,16-10+,22-12+,26-15-/t23-,24+,25+,27+,28-,29-,31-,32-/m1/s1. The average molecular weight is 621 g/mol. The first-order valence-corrected chi connectivity index (χ1v) is 14.5. The monoisotopic (exact) mass is 620 g/mol. The van der Waals surface area contributed by atoms with Gasteiger partial charge in [0.2, 0.25) is 0 Å². The van der Waals surface area contributed by atoms with E-state index in [-0.39, 0.29) is 17.9 Å². The summed E-state index contributed by atoms with van der Waals surface area (Å²) < 4.78 is 5.17. The van der Waals surface area contributed by atoms with Gasteiger partial charge in [0.25, 0.3) is 0 Å². The van der Waals surface area contributed by atoms with Crippen LogP contribution in [0.4, 0.5) is 0 Å². The molecule has 9 nitrogen and oxygen atoms in total. The fourth-order valence-electron chi connectivity index (χ4n) is 3.86. The van der Waals surface area contributed by atoms with Crippen molar-refractivity contribution < 1.29 is 45.0 Å². The van der Waals surface area contributed by atoms with Crippen LogP contribution in [-0.2, 0) is 14.3 Å². The van der Waals surface area contributed by atoms with Gasteiger partial charge in [-0.3, -0.25) is 4.79 Å².